The summed E-state index contributed by atoms with van der Waals surface area (Å²) >= 11 is 6.14. The molecule has 2 aromatic heterocycles. The molecule has 1 saturated carbocycles. The Morgan fingerprint density at radius 2 is 1.55 bits per heavy atom. The highest BCUT2D eigenvalue weighted by Gasteiger charge is 2.51. The number of pyridine rings is 1. The molecule has 0 radical (unpaired) electrons. The lowest BCUT2D eigenvalue weighted by Gasteiger charge is -2.13. The number of carboxylic acids is 1. The van der Waals surface area contributed by atoms with Gasteiger partial charge < -0.3 is 9.63 Å². The fraction of sp³-hybridized carbons (Fsp3) is 0.182. The van der Waals surface area contributed by atoms with Crippen molar-refractivity contribution in [3.05, 3.63) is 118 Å². The van der Waals surface area contributed by atoms with E-state index in [0.29, 0.717) is 42.1 Å². The van der Waals surface area contributed by atoms with E-state index in [2.05, 4.69) is 10.1 Å². The Kier molecular flexibility index (Phi) is 6.89. The molecule has 0 unspecified atom stereocenters. The van der Waals surface area contributed by atoms with Gasteiger partial charge >= 0.3 is 12.1 Å². The molecule has 212 valence electrons. The van der Waals surface area contributed by atoms with Crippen LogP contribution in [0.3, 0.4) is 0 Å². The van der Waals surface area contributed by atoms with Gasteiger partial charge in [-0.1, -0.05) is 83.5 Å². The summed E-state index contributed by atoms with van der Waals surface area (Å²) in [6.45, 7) is 1.83. The van der Waals surface area contributed by atoms with Crippen molar-refractivity contribution in [2.75, 3.05) is 0 Å². The monoisotopic (exact) mass is 588 g/mol. The van der Waals surface area contributed by atoms with Gasteiger partial charge in [0.05, 0.1) is 27.4 Å². The summed E-state index contributed by atoms with van der Waals surface area (Å²) in [4.78, 5) is 16.2. The van der Waals surface area contributed by atoms with Crippen LogP contribution in [0.2, 0.25) is 5.02 Å². The quantitative estimate of drug-likeness (QED) is 0.206. The predicted octanol–water partition coefficient (Wildman–Crippen LogP) is 8.76. The van der Waals surface area contributed by atoms with E-state index in [-0.39, 0.29) is 10.6 Å². The molecule has 1 aliphatic carbocycles. The third kappa shape index (κ3) is 5.07. The van der Waals surface area contributed by atoms with Crippen LogP contribution in [0.25, 0.3) is 33.7 Å². The minimum Gasteiger partial charge on any atom is -0.481 e. The number of alkyl halides is 3. The van der Waals surface area contributed by atoms with Crippen LogP contribution in [-0.4, -0.2) is 21.2 Å². The van der Waals surface area contributed by atoms with Crippen molar-refractivity contribution in [3.8, 4) is 33.7 Å². The van der Waals surface area contributed by atoms with Crippen molar-refractivity contribution in [2.24, 2.45) is 0 Å². The molecule has 0 aliphatic heterocycles. The standard InChI is InChI=1S/C33H24ClF3N2O3/c1-19-26(18-24-4-2-7-28(38-24)25-5-3-6-27(29(25)34)33(35,36)37)30(42-39-19)22-10-8-20(9-11-22)21-12-14-23(15-13-21)32(16-17-32)31(40)41/h2-15H,16-18H2,1H3,(H,40,41). The van der Waals surface area contributed by atoms with Gasteiger partial charge in [0.2, 0.25) is 0 Å². The zero-order valence-corrected chi connectivity index (χ0v) is 23.1. The highest BCUT2D eigenvalue weighted by atomic mass is 35.5. The second-order valence-electron chi connectivity index (χ2n) is 10.5. The van der Waals surface area contributed by atoms with Gasteiger partial charge in [-0.25, -0.2) is 0 Å². The Morgan fingerprint density at radius 1 is 0.929 bits per heavy atom. The van der Waals surface area contributed by atoms with Gasteiger partial charge in [-0.05, 0) is 54.7 Å². The predicted molar refractivity (Wildman–Crippen MR) is 153 cm³/mol. The second-order valence-corrected chi connectivity index (χ2v) is 10.9. The third-order valence-corrected chi connectivity index (χ3v) is 8.21. The minimum atomic E-state index is -4.57. The Bertz CT molecular complexity index is 1790. The minimum absolute atomic E-state index is 0.203. The summed E-state index contributed by atoms with van der Waals surface area (Å²) in [5.41, 5.74) is 4.59. The van der Waals surface area contributed by atoms with Crippen LogP contribution in [0.4, 0.5) is 13.2 Å². The topological polar surface area (TPSA) is 76.2 Å². The molecule has 1 aliphatic rings. The Morgan fingerprint density at radius 3 is 2.17 bits per heavy atom. The van der Waals surface area contributed by atoms with E-state index in [1.54, 1.807) is 18.2 Å². The Balaban J connectivity index is 1.25. The summed E-state index contributed by atoms with van der Waals surface area (Å²) in [6.07, 6.45) is -2.90. The first-order valence-electron chi connectivity index (χ1n) is 13.3. The summed E-state index contributed by atoms with van der Waals surface area (Å²) in [7, 11) is 0. The van der Waals surface area contributed by atoms with Crippen molar-refractivity contribution >= 4 is 17.6 Å². The van der Waals surface area contributed by atoms with Gasteiger partial charge in [0.15, 0.2) is 5.76 Å². The third-order valence-electron chi connectivity index (χ3n) is 7.81. The average Bonchev–Trinajstić information content (AvgIpc) is 3.72. The second kappa shape index (κ2) is 10.4. The molecule has 0 amide bonds. The van der Waals surface area contributed by atoms with Crippen molar-refractivity contribution < 1.29 is 27.6 Å². The number of nitrogens with zero attached hydrogens (tertiary/aromatic N) is 2. The lowest BCUT2D eigenvalue weighted by molar-refractivity contribution is -0.140. The maximum Gasteiger partial charge on any atom is 0.417 e. The molecular weight excluding hydrogens is 565 g/mol. The number of aryl methyl sites for hydroxylation is 1. The first-order valence-corrected chi connectivity index (χ1v) is 13.7. The van der Waals surface area contributed by atoms with Crippen LogP contribution in [0.5, 0.6) is 0 Å². The molecule has 5 nitrogen and oxygen atoms in total. The van der Waals surface area contributed by atoms with Crippen molar-refractivity contribution in [1.29, 1.82) is 0 Å². The lowest BCUT2D eigenvalue weighted by Crippen LogP contribution is -2.19. The van der Waals surface area contributed by atoms with Crippen LogP contribution in [0.1, 0.15) is 40.9 Å². The number of hydrogen-bond donors (Lipinski definition) is 1. The van der Waals surface area contributed by atoms with Gasteiger partial charge in [0.25, 0.3) is 0 Å². The van der Waals surface area contributed by atoms with Crippen LogP contribution in [0, 0.1) is 6.92 Å². The van der Waals surface area contributed by atoms with Gasteiger partial charge in [0.1, 0.15) is 0 Å². The number of benzene rings is 3. The van der Waals surface area contributed by atoms with Crippen LogP contribution < -0.4 is 0 Å². The molecular formula is C33H24ClF3N2O3. The SMILES string of the molecule is Cc1noc(-c2ccc(-c3ccc(C4(C(=O)O)CC4)cc3)cc2)c1Cc1cccc(-c2cccc(C(F)(F)F)c2Cl)n1. The summed E-state index contributed by atoms with van der Waals surface area (Å²) in [5, 5.41) is 13.3. The molecule has 42 heavy (non-hydrogen) atoms. The number of aliphatic carboxylic acids is 1. The number of hydrogen-bond acceptors (Lipinski definition) is 4. The summed E-state index contributed by atoms with van der Waals surface area (Å²) in [5.74, 6) is -0.199. The van der Waals surface area contributed by atoms with Crippen molar-refractivity contribution in [1.82, 2.24) is 10.1 Å². The van der Waals surface area contributed by atoms with E-state index < -0.39 is 23.1 Å². The number of aromatic nitrogens is 2. The smallest absolute Gasteiger partial charge is 0.417 e. The van der Waals surface area contributed by atoms with E-state index in [0.717, 1.165) is 33.9 Å². The first-order chi connectivity index (χ1) is 20.1. The lowest BCUT2D eigenvalue weighted by atomic mass is 9.93. The fourth-order valence-electron chi connectivity index (χ4n) is 5.23. The molecule has 0 spiro atoms. The Hall–Kier alpha value is -4.43. The largest absolute Gasteiger partial charge is 0.481 e. The average molecular weight is 589 g/mol. The van der Waals surface area contributed by atoms with Crippen molar-refractivity contribution in [3.63, 3.8) is 0 Å². The fourth-order valence-corrected chi connectivity index (χ4v) is 5.56. The highest BCUT2D eigenvalue weighted by molar-refractivity contribution is 6.34. The zero-order chi connectivity index (χ0) is 29.6. The molecule has 1 fully saturated rings. The van der Waals surface area contributed by atoms with Gasteiger partial charge in [-0.15, -0.1) is 0 Å². The molecule has 5 aromatic rings. The summed E-state index contributed by atoms with van der Waals surface area (Å²) in [6, 6.07) is 24.4. The van der Waals surface area contributed by atoms with E-state index in [1.807, 2.05) is 55.5 Å². The van der Waals surface area contributed by atoms with E-state index >= 15 is 0 Å². The highest BCUT2D eigenvalue weighted by Crippen LogP contribution is 2.48. The van der Waals surface area contributed by atoms with Gasteiger partial charge in [-0.3, -0.25) is 9.78 Å². The Labute approximate surface area is 244 Å². The maximum absolute atomic E-state index is 13.4. The molecule has 9 heteroatoms. The normalized spacial score (nSPS) is 14.1. The van der Waals surface area contributed by atoms with E-state index in [4.69, 9.17) is 16.1 Å². The van der Waals surface area contributed by atoms with Crippen LogP contribution in [-0.2, 0) is 22.8 Å². The van der Waals surface area contributed by atoms with Gasteiger partial charge in [0, 0.05) is 28.8 Å². The van der Waals surface area contributed by atoms with Crippen LogP contribution >= 0.6 is 11.6 Å². The summed E-state index contributed by atoms with van der Waals surface area (Å²) < 4.78 is 45.9. The van der Waals surface area contributed by atoms with Gasteiger partial charge in [-0.2, -0.15) is 13.2 Å². The molecule has 2 heterocycles. The molecule has 0 bridgehead atoms. The zero-order valence-electron chi connectivity index (χ0n) is 22.4. The van der Waals surface area contributed by atoms with Crippen molar-refractivity contribution in [2.45, 2.75) is 37.8 Å². The number of carboxylic acid groups (broad SMARTS) is 1. The first kappa shape index (κ1) is 27.7. The number of halogens is 4. The van der Waals surface area contributed by atoms with Crippen LogP contribution in [0.15, 0.2) is 89.5 Å². The molecule has 0 atom stereocenters. The van der Waals surface area contributed by atoms with E-state index in [1.165, 1.54) is 12.1 Å². The molecule has 6 rings (SSSR count). The number of carbonyl (C=O) groups is 1. The molecule has 1 N–H and O–H groups in total. The van der Waals surface area contributed by atoms with E-state index in [9.17, 15) is 23.1 Å². The number of rotatable bonds is 7. The molecule has 0 saturated heterocycles. The maximum atomic E-state index is 13.4. The molecule has 3 aromatic carbocycles.